The van der Waals surface area contributed by atoms with Crippen molar-refractivity contribution < 1.29 is 43.5 Å². The van der Waals surface area contributed by atoms with Gasteiger partial charge in [-0.05, 0) is 74.2 Å². The fourth-order valence-corrected chi connectivity index (χ4v) is 13.5. The van der Waals surface area contributed by atoms with Crippen molar-refractivity contribution in [1.29, 1.82) is 0 Å². The third kappa shape index (κ3) is 5.20. The Hall–Kier alpha value is -4.43. The molecule has 5 aliphatic heterocycles. The molecule has 2 saturated heterocycles. The van der Waals surface area contributed by atoms with E-state index in [9.17, 15) is 19.8 Å². The third-order valence-electron chi connectivity index (χ3n) is 15.6. The number of fused-ring (bicyclic) bond motifs is 6. The van der Waals surface area contributed by atoms with Gasteiger partial charge in [0.1, 0.15) is 11.2 Å². The summed E-state index contributed by atoms with van der Waals surface area (Å²) in [7, 11) is 6.15. The van der Waals surface area contributed by atoms with E-state index in [1.54, 1.807) is 7.11 Å². The molecule has 1 saturated carbocycles. The second-order valence-electron chi connectivity index (χ2n) is 18.2. The summed E-state index contributed by atoms with van der Waals surface area (Å²) in [6.45, 7) is 8.62. The number of H-pyrrole nitrogens is 1. The van der Waals surface area contributed by atoms with Gasteiger partial charge < -0.3 is 39.0 Å². The lowest BCUT2D eigenvalue weighted by Gasteiger charge is -2.63. The van der Waals surface area contributed by atoms with Crippen LogP contribution in [0.4, 0.5) is 5.69 Å². The molecule has 13 nitrogen and oxygen atoms in total. The number of para-hydroxylation sites is 1. The normalized spacial score (nSPS) is 37.0. The van der Waals surface area contributed by atoms with Gasteiger partial charge in [0.15, 0.2) is 6.10 Å². The second kappa shape index (κ2) is 13.8. The van der Waals surface area contributed by atoms with Crippen molar-refractivity contribution in [1.82, 2.24) is 14.8 Å². The molecule has 3 fully saturated rings. The van der Waals surface area contributed by atoms with Crippen molar-refractivity contribution in [2.45, 2.75) is 99.5 Å². The van der Waals surface area contributed by atoms with Crippen LogP contribution < -0.4 is 9.64 Å². The molecule has 1 unspecified atom stereocenters. The molecule has 1 aromatic heterocycles. The van der Waals surface area contributed by atoms with Gasteiger partial charge in [-0.2, -0.15) is 0 Å². The van der Waals surface area contributed by atoms with Crippen LogP contribution in [0.25, 0.3) is 10.9 Å². The maximum Gasteiger partial charge on any atom is 0.344 e. The van der Waals surface area contributed by atoms with Gasteiger partial charge in [-0.1, -0.05) is 44.2 Å². The Morgan fingerprint density at radius 1 is 0.949 bits per heavy atom. The summed E-state index contributed by atoms with van der Waals surface area (Å²) < 4.78 is 23.9. The number of aliphatic hydroxyl groups is 2. The molecule has 10 atom stereocenters. The molecule has 0 amide bonds. The number of esters is 3. The Balaban J connectivity index is 1.36. The molecule has 3 aromatic rings. The van der Waals surface area contributed by atoms with Crippen LogP contribution in [0.1, 0.15) is 75.3 Å². The first-order chi connectivity index (χ1) is 28.2. The van der Waals surface area contributed by atoms with Crippen LogP contribution >= 0.6 is 0 Å². The van der Waals surface area contributed by atoms with E-state index in [0.717, 1.165) is 33.4 Å². The van der Waals surface area contributed by atoms with Gasteiger partial charge in [0.25, 0.3) is 0 Å². The molecule has 316 valence electrons. The first-order valence-corrected chi connectivity index (χ1v) is 21.2. The largest absolute Gasteiger partial charge is 0.496 e. The van der Waals surface area contributed by atoms with E-state index in [-0.39, 0.29) is 12.0 Å². The molecular formula is C46H58N4O9. The second-order valence-corrected chi connectivity index (χ2v) is 18.2. The number of hydrogen-bond donors (Lipinski definition) is 3. The molecule has 1 aliphatic carbocycles. The lowest BCUT2D eigenvalue weighted by molar-refractivity contribution is -0.228. The highest BCUT2D eigenvalue weighted by Gasteiger charge is 2.80. The number of piperidine rings is 1. The van der Waals surface area contributed by atoms with Crippen LogP contribution in [0.2, 0.25) is 0 Å². The number of aromatic nitrogens is 1. The first kappa shape index (κ1) is 40.0. The number of aromatic amines is 1. The van der Waals surface area contributed by atoms with Crippen molar-refractivity contribution in [2.75, 3.05) is 66.0 Å². The molecule has 0 radical (unpaired) electrons. The van der Waals surface area contributed by atoms with E-state index in [0.29, 0.717) is 82.6 Å². The molecule has 6 heterocycles. The average Bonchev–Trinajstić information content (AvgIpc) is 3.90. The van der Waals surface area contributed by atoms with E-state index in [4.69, 9.17) is 18.9 Å². The number of benzene rings is 2. The number of nitrogens with zero attached hydrogens (tertiary/aromatic N) is 3. The highest BCUT2D eigenvalue weighted by Crippen LogP contribution is 2.68. The quantitative estimate of drug-likeness (QED) is 0.180. The number of carbonyl (C=O) groups excluding carboxylic acids is 3. The standard InChI is InChI=1S/C46H58N4O9/c1-8-42(54)23-28-24-45(40(52)57-6,36-30(15-19-49(25-28)26-42)29-13-10-11-14-33(29)47-36)32-21-31-34(22-35(32)56-5)48(4)38-44(31)17-20-50-18-12-16-43(9-2,37(44)50)39(59-27(3)51)46(38,55)41(53)58-7/h10-14,16,21-22,28,37-39,47,54-55H,8-9,15,17-20,23-26H2,1-7H3/t28-,37-,38+,39-,42+,43-,44+,45-,46-/m1/s1. The van der Waals surface area contributed by atoms with Crippen molar-refractivity contribution in [3.63, 3.8) is 0 Å². The van der Waals surface area contributed by atoms with Crippen molar-refractivity contribution in [2.24, 2.45) is 11.3 Å². The maximum absolute atomic E-state index is 15.3. The van der Waals surface area contributed by atoms with Crippen LogP contribution in [0.15, 0.2) is 48.6 Å². The van der Waals surface area contributed by atoms with Crippen LogP contribution in [-0.4, -0.2) is 133 Å². The zero-order valence-corrected chi connectivity index (χ0v) is 35.3. The first-order valence-electron chi connectivity index (χ1n) is 21.2. The Bertz CT molecular complexity index is 2260. The van der Waals surface area contributed by atoms with E-state index >= 15 is 4.79 Å². The molecule has 9 rings (SSSR count). The monoisotopic (exact) mass is 810 g/mol. The topological polar surface area (TPSA) is 154 Å². The molecule has 59 heavy (non-hydrogen) atoms. The Kier molecular flexibility index (Phi) is 9.36. The molecule has 2 bridgehead atoms. The zero-order valence-electron chi connectivity index (χ0n) is 35.3. The summed E-state index contributed by atoms with van der Waals surface area (Å²) in [5.74, 6) is -1.56. The molecule has 3 N–H and O–H groups in total. The van der Waals surface area contributed by atoms with E-state index in [2.05, 4.69) is 39.1 Å². The fourth-order valence-electron chi connectivity index (χ4n) is 13.5. The van der Waals surface area contributed by atoms with Crippen molar-refractivity contribution in [3.05, 3.63) is 70.9 Å². The number of nitrogens with one attached hydrogen (secondary N) is 1. The minimum Gasteiger partial charge on any atom is -0.496 e. The van der Waals surface area contributed by atoms with Crippen molar-refractivity contribution >= 4 is 34.5 Å². The summed E-state index contributed by atoms with van der Waals surface area (Å²) in [6, 6.07) is 11.0. The lowest BCUT2D eigenvalue weighted by atomic mass is 9.47. The predicted octanol–water partition coefficient (Wildman–Crippen LogP) is 3.99. The van der Waals surface area contributed by atoms with Gasteiger partial charge in [-0.15, -0.1) is 0 Å². The SMILES string of the molecule is CC[C@]1(O)C[C@H]2CN(CCc3c([nH]c4ccccc34)[C@](C(=O)OC)(c3cc4c(cc3OC)N(C)[C@@H]3[C@](O)(C(=O)OC)[C@H](OC(C)=O)[C@]5(CC)C=CCN6CC[C@@]43[C@H]65)C2)C1. The zero-order chi connectivity index (χ0) is 41.9. The smallest absolute Gasteiger partial charge is 0.344 e. The summed E-state index contributed by atoms with van der Waals surface area (Å²) in [4.78, 5) is 53.2. The van der Waals surface area contributed by atoms with Gasteiger partial charge >= 0.3 is 17.9 Å². The maximum atomic E-state index is 15.3. The van der Waals surface area contributed by atoms with Crippen molar-refractivity contribution in [3.8, 4) is 5.75 Å². The van der Waals surface area contributed by atoms with E-state index < -0.39 is 57.5 Å². The van der Waals surface area contributed by atoms with Gasteiger partial charge in [-0.25, -0.2) is 4.79 Å². The van der Waals surface area contributed by atoms with Crippen LogP contribution in [-0.2, 0) is 45.8 Å². The van der Waals surface area contributed by atoms with Gasteiger partial charge in [0.05, 0.1) is 33.0 Å². The number of anilines is 1. The van der Waals surface area contributed by atoms with Crippen LogP contribution in [0.3, 0.4) is 0 Å². The minimum atomic E-state index is -2.30. The van der Waals surface area contributed by atoms with Gasteiger partial charge in [0, 0.05) is 90.9 Å². The number of methoxy groups -OCH3 is 3. The summed E-state index contributed by atoms with van der Waals surface area (Å²) in [6.07, 6.45) is 5.94. The number of carbonyl (C=O) groups is 3. The van der Waals surface area contributed by atoms with Gasteiger partial charge in [0.2, 0.25) is 5.60 Å². The Labute approximate surface area is 345 Å². The molecule has 1 spiro atoms. The van der Waals surface area contributed by atoms with E-state index in [1.165, 1.54) is 21.1 Å². The minimum absolute atomic E-state index is 0.0986. The van der Waals surface area contributed by atoms with Crippen LogP contribution in [0.5, 0.6) is 5.75 Å². The summed E-state index contributed by atoms with van der Waals surface area (Å²) in [5.41, 5.74) is -1.62. The summed E-state index contributed by atoms with van der Waals surface area (Å²) >= 11 is 0. The predicted molar refractivity (Wildman–Crippen MR) is 220 cm³/mol. The molecular weight excluding hydrogens is 753 g/mol. The number of ether oxygens (including phenoxy) is 4. The average molecular weight is 811 g/mol. The number of hydrogen-bond acceptors (Lipinski definition) is 12. The van der Waals surface area contributed by atoms with E-state index in [1.807, 2.05) is 50.1 Å². The third-order valence-corrected chi connectivity index (χ3v) is 15.6. The highest BCUT2D eigenvalue weighted by molar-refractivity contribution is 5.95. The van der Waals surface area contributed by atoms with Gasteiger partial charge in [-0.3, -0.25) is 19.4 Å². The molecule has 6 aliphatic rings. The molecule has 13 heteroatoms. The fraction of sp³-hybridized carbons (Fsp3) is 0.587. The van der Waals surface area contributed by atoms with Crippen LogP contribution in [0, 0.1) is 11.3 Å². The number of rotatable bonds is 7. The number of likely N-dealkylation sites (N-methyl/N-ethyl adjacent to an activating group) is 1. The highest BCUT2D eigenvalue weighted by atomic mass is 16.6. The molecule has 2 aromatic carbocycles. The summed E-state index contributed by atoms with van der Waals surface area (Å²) in [5, 5.41) is 26.3. The Morgan fingerprint density at radius 3 is 2.41 bits per heavy atom. The Morgan fingerprint density at radius 2 is 1.71 bits per heavy atom. The lowest BCUT2D eigenvalue weighted by Crippen LogP contribution is -2.81.